The predicted octanol–water partition coefficient (Wildman–Crippen LogP) is 3.28. The summed E-state index contributed by atoms with van der Waals surface area (Å²) in [6.07, 6.45) is 3.14. The molecule has 0 saturated carbocycles. The molecule has 2 rings (SSSR count). The molecule has 0 radical (unpaired) electrons. The van der Waals surface area contributed by atoms with E-state index in [9.17, 15) is 9.59 Å². The van der Waals surface area contributed by atoms with E-state index in [1.165, 1.54) is 18.2 Å². The number of carbonyl (C=O) groups is 2. The van der Waals surface area contributed by atoms with E-state index in [0.717, 1.165) is 5.56 Å². The molecule has 0 aliphatic carbocycles. The number of ketones is 1. The summed E-state index contributed by atoms with van der Waals surface area (Å²) in [5, 5.41) is 8.87. The Morgan fingerprint density at radius 1 is 0.895 bits per heavy atom. The van der Waals surface area contributed by atoms with Crippen LogP contribution in [0.15, 0.2) is 60.7 Å². The van der Waals surface area contributed by atoms with Crippen LogP contribution in [0.25, 0.3) is 6.08 Å². The zero-order valence-corrected chi connectivity index (χ0v) is 10.1. The van der Waals surface area contributed by atoms with Crippen LogP contribution in [-0.4, -0.2) is 16.9 Å². The molecule has 2 aromatic rings. The Labute approximate surface area is 110 Å². The van der Waals surface area contributed by atoms with Crippen LogP contribution in [0.5, 0.6) is 0 Å². The highest BCUT2D eigenvalue weighted by Crippen LogP contribution is 2.08. The Hall–Kier alpha value is -2.68. The van der Waals surface area contributed by atoms with Crippen molar-refractivity contribution in [1.29, 1.82) is 0 Å². The topological polar surface area (TPSA) is 54.4 Å². The molecule has 3 nitrogen and oxygen atoms in total. The standard InChI is InChI=1S/C16H12O3/c17-15(10-9-12-5-2-1-3-6-12)13-7-4-8-14(11-13)16(18)19/h1-11H,(H,18,19). The van der Waals surface area contributed by atoms with Crippen LogP contribution in [0.1, 0.15) is 26.3 Å². The van der Waals surface area contributed by atoms with E-state index in [-0.39, 0.29) is 11.3 Å². The average molecular weight is 252 g/mol. The van der Waals surface area contributed by atoms with Crippen LogP contribution in [0.2, 0.25) is 0 Å². The third-order valence-corrected chi connectivity index (χ3v) is 2.62. The molecule has 0 heterocycles. The van der Waals surface area contributed by atoms with E-state index < -0.39 is 5.97 Å². The molecule has 0 fully saturated rings. The zero-order chi connectivity index (χ0) is 13.7. The van der Waals surface area contributed by atoms with Crippen molar-refractivity contribution < 1.29 is 14.7 Å². The van der Waals surface area contributed by atoms with Crippen molar-refractivity contribution in [3.63, 3.8) is 0 Å². The van der Waals surface area contributed by atoms with E-state index in [1.807, 2.05) is 30.3 Å². The number of hydrogen-bond donors (Lipinski definition) is 1. The van der Waals surface area contributed by atoms with Gasteiger partial charge in [0.25, 0.3) is 0 Å². The summed E-state index contributed by atoms with van der Waals surface area (Å²) >= 11 is 0. The summed E-state index contributed by atoms with van der Waals surface area (Å²) in [5.41, 5.74) is 1.40. The van der Waals surface area contributed by atoms with E-state index >= 15 is 0 Å². The summed E-state index contributed by atoms with van der Waals surface area (Å²) in [5.74, 6) is -1.26. The summed E-state index contributed by atoms with van der Waals surface area (Å²) in [4.78, 5) is 22.7. The van der Waals surface area contributed by atoms with Gasteiger partial charge in [0.15, 0.2) is 5.78 Å². The van der Waals surface area contributed by atoms with Crippen molar-refractivity contribution in [2.75, 3.05) is 0 Å². The Kier molecular flexibility index (Phi) is 3.88. The van der Waals surface area contributed by atoms with Gasteiger partial charge in [0, 0.05) is 5.56 Å². The van der Waals surface area contributed by atoms with Crippen LogP contribution in [0, 0.1) is 0 Å². The second kappa shape index (κ2) is 5.78. The minimum atomic E-state index is -1.04. The fourth-order valence-corrected chi connectivity index (χ4v) is 1.64. The predicted molar refractivity (Wildman–Crippen MR) is 73.2 cm³/mol. The SMILES string of the molecule is O=C(O)c1cccc(C(=O)C=Cc2ccccc2)c1. The molecule has 0 aliphatic rings. The highest BCUT2D eigenvalue weighted by Gasteiger charge is 2.06. The van der Waals surface area contributed by atoms with Gasteiger partial charge in [-0.05, 0) is 23.8 Å². The fraction of sp³-hybridized carbons (Fsp3) is 0. The number of carbonyl (C=O) groups excluding carboxylic acids is 1. The van der Waals surface area contributed by atoms with Gasteiger partial charge in [-0.2, -0.15) is 0 Å². The Bertz CT molecular complexity index is 627. The average Bonchev–Trinajstić information content (AvgIpc) is 2.46. The summed E-state index contributed by atoms with van der Waals surface area (Å²) in [6.45, 7) is 0. The molecule has 19 heavy (non-hydrogen) atoms. The molecule has 1 N–H and O–H groups in total. The number of carboxylic acids is 1. The molecular weight excluding hydrogens is 240 g/mol. The van der Waals surface area contributed by atoms with Crippen LogP contribution in [-0.2, 0) is 0 Å². The number of carboxylic acid groups (broad SMARTS) is 1. The minimum Gasteiger partial charge on any atom is -0.478 e. The minimum absolute atomic E-state index is 0.110. The van der Waals surface area contributed by atoms with Crippen molar-refractivity contribution in [3.05, 3.63) is 77.4 Å². The zero-order valence-electron chi connectivity index (χ0n) is 10.1. The van der Waals surface area contributed by atoms with E-state index in [2.05, 4.69) is 0 Å². The van der Waals surface area contributed by atoms with Crippen LogP contribution >= 0.6 is 0 Å². The van der Waals surface area contributed by atoms with E-state index in [1.54, 1.807) is 18.2 Å². The summed E-state index contributed by atoms with van der Waals surface area (Å²) < 4.78 is 0. The highest BCUT2D eigenvalue weighted by atomic mass is 16.4. The molecule has 0 unspecified atom stereocenters. The smallest absolute Gasteiger partial charge is 0.335 e. The largest absolute Gasteiger partial charge is 0.478 e. The van der Waals surface area contributed by atoms with Crippen molar-refractivity contribution in [2.24, 2.45) is 0 Å². The van der Waals surface area contributed by atoms with Crippen molar-refractivity contribution in [2.45, 2.75) is 0 Å². The molecular formula is C16H12O3. The van der Waals surface area contributed by atoms with E-state index in [4.69, 9.17) is 5.11 Å². The number of aromatic carboxylic acids is 1. The molecule has 3 heteroatoms. The second-order valence-electron chi connectivity index (χ2n) is 3.99. The first-order valence-corrected chi connectivity index (χ1v) is 5.77. The van der Waals surface area contributed by atoms with Gasteiger partial charge in [0.1, 0.15) is 0 Å². The third-order valence-electron chi connectivity index (χ3n) is 2.62. The van der Waals surface area contributed by atoms with Gasteiger partial charge < -0.3 is 5.11 Å². The first kappa shape index (κ1) is 12.8. The van der Waals surface area contributed by atoms with Crippen molar-refractivity contribution in [3.8, 4) is 0 Å². The summed E-state index contributed by atoms with van der Waals surface area (Å²) in [7, 11) is 0. The Balaban J connectivity index is 2.18. The first-order valence-electron chi connectivity index (χ1n) is 5.77. The maximum absolute atomic E-state index is 11.9. The van der Waals surface area contributed by atoms with Crippen LogP contribution in [0.3, 0.4) is 0 Å². The number of allylic oxidation sites excluding steroid dienone is 1. The molecule has 0 bridgehead atoms. The number of hydrogen-bond acceptors (Lipinski definition) is 2. The summed E-state index contributed by atoms with van der Waals surface area (Å²) in [6, 6.07) is 15.4. The van der Waals surface area contributed by atoms with Gasteiger partial charge in [-0.1, -0.05) is 48.5 Å². The lowest BCUT2D eigenvalue weighted by Gasteiger charge is -1.98. The lowest BCUT2D eigenvalue weighted by atomic mass is 10.1. The lowest BCUT2D eigenvalue weighted by Crippen LogP contribution is -2.00. The maximum Gasteiger partial charge on any atom is 0.335 e. The fourth-order valence-electron chi connectivity index (χ4n) is 1.64. The Morgan fingerprint density at radius 3 is 2.26 bits per heavy atom. The van der Waals surface area contributed by atoms with Crippen molar-refractivity contribution >= 4 is 17.8 Å². The third kappa shape index (κ3) is 3.39. The van der Waals surface area contributed by atoms with Gasteiger partial charge in [-0.15, -0.1) is 0 Å². The molecule has 94 valence electrons. The molecule has 0 spiro atoms. The highest BCUT2D eigenvalue weighted by molar-refractivity contribution is 6.07. The molecule has 0 aromatic heterocycles. The van der Waals surface area contributed by atoms with E-state index in [0.29, 0.717) is 5.56 Å². The van der Waals surface area contributed by atoms with Gasteiger partial charge in [0.2, 0.25) is 0 Å². The molecule has 0 atom stereocenters. The Morgan fingerprint density at radius 2 is 1.58 bits per heavy atom. The second-order valence-corrected chi connectivity index (χ2v) is 3.99. The number of rotatable bonds is 4. The van der Waals surface area contributed by atoms with Crippen LogP contribution in [0.4, 0.5) is 0 Å². The van der Waals surface area contributed by atoms with Gasteiger partial charge >= 0.3 is 5.97 Å². The van der Waals surface area contributed by atoms with Crippen molar-refractivity contribution in [1.82, 2.24) is 0 Å². The monoisotopic (exact) mass is 252 g/mol. The quantitative estimate of drug-likeness (QED) is 0.671. The maximum atomic E-state index is 11.9. The van der Waals surface area contributed by atoms with Crippen LogP contribution < -0.4 is 0 Å². The molecule has 2 aromatic carbocycles. The molecule has 0 aliphatic heterocycles. The normalized spacial score (nSPS) is 10.5. The first-order chi connectivity index (χ1) is 9.16. The van der Waals surface area contributed by atoms with Gasteiger partial charge in [0.05, 0.1) is 5.56 Å². The molecule has 0 saturated heterocycles. The lowest BCUT2D eigenvalue weighted by molar-refractivity contribution is 0.0697. The number of benzene rings is 2. The van der Waals surface area contributed by atoms with Gasteiger partial charge in [-0.25, -0.2) is 4.79 Å². The molecule has 0 amide bonds. The van der Waals surface area contributed by atoms with Gasteiger partial charge in [-0.3, -0.25) is 4.79 Å².